The number of halogens is 3. The Morgan fingerprint density at radius 3 is 2.36 bits per heavy atom. The van der Waals surface area contributed by atoms with Crippen LogP contribution in [-0.2, 0) is 6.42 Å². The molecule has 1 fully saturated rings. The summed E-state index contributed by atoms with van der Waals surface area (Å²) in [5.74, 6) is -0.249. The van der Waals surface area contributed by atoms with Crippen LogP contribution in [-0.4, -0.2) is 0 Å². The van der Waals surface area contributed by atoms with Gasteiger partial charge in [0.05, 0.1) is 0 Å². The van der Waals surface area contributed by atoms with Crippen LogP contribution in [0.5, 0.6) is 0 Å². The molecular weight excluding hydrogens is 417 g/mol. The van der Waals surface area contributed by atoms with Gasteiger partial charge in [-0.1, -0.05) is 68.7 Å². The summed E-state index contributed by atoms with van der Waals surface area (Å²) in [7, 11) is 0. The number of hydrogen-bond donors (Lipinski definition) is 0. The van der Waals surface area contributed by atoms with Gasteiger partial charge in [0.25, 0.3) is 0 Å². The van der Waals surface area contributed by atoms with Crippen LogP contribution < -0.4 is 0 Å². The molecule has 0 aromatic heterocycles. The predicted molar refractivity (Wildman–Crippen MR) is 131 cm³/mol. The van der Waals surface area contributed by atoms with Gasteiger partial charge in [0.2, 0.25) is 0 Å². The minimum Gasteiger partial charge on any atom is -0.212 e. The molecule has 1 saturated carbocycles. The molecule has 2 unspecified atom stereocenters. The van der Waals surface area contributed by atoms with Crippen LogP contribution in [0.1, 0.15) is 88.7 Å². The van der Waals surface area contributed by atoms with Crippen LogP contribution in [0.4, 0.5) is 13.2 Å². The van der Waals surface area contributed by atoms with Gasteiger partial charge in [-0.25, -0.2) is 13.2 Å². The average Bonchev–Trinajstić information content (AvgIpc) is 2.83. The van der Waals surface area contributed by atoms with Crippen LogP contribution in [0, 0.1) is 29.4 Å². The second-order valence-electron chi connectivity index (χ2n) is 10.3. The lowest BCUT2D eigenvalue weighted by molar-refractivity contribution is 0.302. The fourth-order valence-electron chi connectivity index (χ4n) is 5.70. The van der Waals surface area contributed by atoms with E-state index in [0.717, 1.165) is 55.6 Å². The second-order valence-corrected chi connectivity index (χ2v) is 10.3. The van der Waals surface area contributed by atoms with Crippen molar-refractivity contribution in [3.05, 3.63) is 82.2 Å². The van der Waals surface area contributed by atoms with Gasteiger partial charge in [0.1, 0.15) is 5.83 Å². The molecule has 33 heavy (non-hydrogen) atoms. The van der Waals surface area contributed by atoms with E-state index in [9.17, 15) is 13.2 Å². The number of rotatable bonds is 7. The Hall–Kier alpha value is -2.03. The summed E-state index contributed by atoms with van der Waals surface area (Å²) in [6.07, 6.45) is 19.5. The van der Waals surface area contributed by atoms with Crippen LogP contribution in [0.2, 0.25) is 0 Å². The summed E-state index contributed by atoms with van der Waals surface area (Å²) in [5.41, 5.74) is 3.21. The van der Waals surface area contributed by atoms with Gasteiger partial charge >= 0.3 is 0 Å². The van der Waals surface area contributed by atoms with Gasteiger partial charge in [-0.3, -0.25) is 0 Å². The zero-order valence-electron chi connectivity index (χ0n) is 20.1. The van der Waals surface area contributed by atoms with Crippen LogP contribution >= 0.6 is 0 Å². The van der Waals surface area contributed by atoms with E-state index in [2.05, 4.69) is 31.2 Å². The lowest BCUT2D eigenvalue weighted by Gasteiger charge is -2.29. The fourth-order valence-corrected chi connectivity index (χ4v) is 5.70. The van der Waals surface area contributed by atoms with E-state index in [1.165, 1.54) is 12.8 Å². The fraction of sp³-hybridized carbons (Fsp3) is 0.533. The summed E-state index contributed by atoms with van der Waals surface area (Å²) >= 11 is 0. The molecule has 0 nitrogen and oxygen atoms in total. The molecule has 0 bridgehead atoms. The van der Waals surface area contributed by atoms with Crippen molar-refractivity contribution in [1.29, 1.82) is 0 Å². The zero-order chi connectivity index (χ0) is 23.4. The Morgan fingerprint density at radius 2 is 1.70 bits per heavy atom. The first kappa shape index (κ1) is 24.1. The summed E-state index contributed by atoms with van der Waals surface area (Å²) in [5, 5.41) is 0. The van der Waals surface area contributed by atoms with Crippen molar-refractivity contribution in [2.75, 3.05) is 0 Å². The van der Waals surface area contributed by atoms with E-state index >= 15 is 0 Å². The number of aryl methyl sites for hydroxylation is 1. The molecule has 0 N–H and O–H groups in total. The third-order valence-electron chi connectivity index (χ3n) is 7.95. The Labute approximate surface area is 197 Å². The Bertz CT molecular complexity index is 957. The van der Waals surface area contributed by atoms with Crippen molar-refractivity contribution >= 4 is 0 Å². The van der Waals surface area contributed by atoms with Crippen LogP contribution in [0.15, 0.2) is 59.5 Å². The van der Waals surface area contributed by atoms with Crippen molar-refractivity contribution in [3.63, 3.8) is 0 Å². The van der Waals surface area contributed by atoms with Gasteiger partial charge in [0.15, 0.2) is 11.6 Å². The number of benzene rings is 1. The molecule has 1 aromatic carbocycles. The van der Waals surface area contributed by atoms with E-state index in [4.69, 9.17) is 0 Å². The van der Waals surface area contributed by atoms with Crippen LogP contribution in [0.3, 0.4) is 0 Å². The first-order chi connectivity index (χ1) is 16.0. The van der Waals surface area contributed by atoms with Crippen molar-refractivity contribution in [1.82, 2.24) is 0 Å². The van der Waals surface area contributed by atoms with Gasteiger partial charge in [0, 0.05) is 11.8 Å². The quantitative estimate of drug-likeness (QED) is 0.385. The van der Waals surface area contributed by atoms with Gasteiger partial charge in [-0.2, -0.15) is 0 Å². The highest BCUT2D eigenvalue weighted by atomic mass is 19.2. The molecular formula is C30H37F3. The molecule has 4 rings (SSSR count). The third-order valence-corrected chi connectivity index (χ3v) is 7.95. The van der Waals surface area contributed by atoms with Crippen molar-refractivity contribution in [2.24, 2.45) is 17.8 Å². The summed E-state index contributed by atoms with van der Waals surface area (Å²) < 4.78 is 43.8. The lowest BCUT2D eigenvalue weighted by Crippen LogP contribution is -2.15. The highest BCUT2D eigenvalue weighted by Gasteiger charge is 2.26. The van der Waals surface area contributed by atoms with Crippen molar-refractivity contribution < 1.29 is 13.2 Å². The molecule has 0 radical (unpaired) electrons. The SMILES string of the molecule is CCCC1CCC(c2ccc(CCC3=CCC(C4=CCC(C)C(F)=C4)C=C3)c(F)c2F)CC1. The lowest BCUT2D eigenvalue weighted by atomic mass is 9.77. The second kappa shape index (κ2) is 10.9. The monoisotopic (exact) mass is 454 g/mol. The molecule has 3 aliphatic rings. The first-order valence-electron chi connectivity index (χ1n) is 12.9. The van der Waals surface area contributed by atoms with E-state index < -0.39 is 11.6 Å². The normalized spacial score (nSPS) is 27.7. The molecule has 1 aromatic rings. The van der Waals surface area contributed by atoms with Gasteiger partial charge < -0.3 is 0 Å². The molecule has 0 spiro atoms. The van der Waals surface area contributed by atoms with E-state index in [-0.39, 0.29) is 23.6 Å². The number of allylic oxidation sites excluding steroid dienone is 8. The van der Waals surface area contributed by atoms with Crippen molar-refractivity contribution in [3.8, 4) is 0 Å². The molecule has 178 valence electrons. The summed E-state index contributed by atoms with van der Waals surface area (Å²) in [4.78, 5) is 0. The van der Waals surface area contributed by atoms with E-state index in [1.54, 1.807) is 12.1 Å². The maximum Gasteiger partial charge on any atom is 0.162 e. The maximum absolute atomic E-state index is 14.9. The third kappa shape index (κ3) is 5.73. The first-order valence-corrected chi connectivity index (χ1v) is 12.9. The standard InChI is InChI=1S/C30H37F3/c1-3-4-21-8-14-24(15-9-21)27-18-17-25(29(32)30(27)33)16-10-22-6-12-23(13-7-22)26-11-5-20(2)28(31)19-26/h6-7,11-12,17-21,23-24H,3-5,8-10,13-16H2,1-2H3. The van der Waals surface area contributed by atoms with Gasteiger partial charge in [-0.05, 0) is 86.0 Å². The van der Waals surface area contributed by atoms with Gasteiger partial charge in [-0.15, -0.1) is 0 Å². The molecule has 0 amide bonds. The van der Waals surface area contributed by atoms with E-state index in [0.29, 0.717) is 24.0 Å². The Morgan fingerprint density at radius 1 is 0.909 bits per heavy atom. The molecule has 3 aliphatic carbocycles. The maximum atomic E-state index is 14.9. The summed E-state index contributed by atoms with van der Waals surface area (Å²) in [6.45, 7) is 4.12. The Kier molecular flexibility index (Phi) is 7.98. The predicted octanol–water partition coefficient (Wildman–Crippen LogP) is 9.29. The van der Waals surface area contributed by atoms with Crippen molar-refractivity contribution in [2.45, 2.75) is 84.0 Å². The largest absolute Gasteiger partial charge is 0.212 e. The molecule has 0 aliphatic heterocycles. The zero-order valence-corrected chi connectivity index (χ0v) is 20.1. The molecule has 0 saturated heterocycles. The number of hydrogen-bond acceptors (Lipinski definition) is 0. The Balaban J connectivity index is 1.33. The highest BCUT2D eigenvalue weighted by Crippen LogP contribution is 2.39. The molecule has 3 heteroatoms. The minimum atomic E-state index is -0.663. The smallest absolute Gasteiger partial charge is 0.162 e. The summed E-state index contributed by atoms with van der Waals surface area (Å²) in [6, 6.07) is 3.63. The molecule has 0 heterocycles. The average molecular weight is 455 g/mol. The van der Waals surface area contributed by atoms with E-state index in [1.807, 2.05) is 13.0 Å². The van der Waals surface area contributed by atoms with Crippen LogP contribution in [0.25, 0.3) is 0 Å². The topological polar surface area (TPSA) is 0 Å². The minimum absolute atomic E-state index is 0.0230. The molecule has 2 atom stereocenters. The highest BCUT2D eigenvalue weighted by molar-refractivity contribution is 5.37.